The first-order chi connectivity index (χ1) is 7.54. The number of rotatable bonds is 3. The average molecular weight is 230 g/mol. The molecule has 92 valence electrons. The summed E-state index contributed by atoms with van der Waals surface area (Å²) < 4.78 is 5.31. The predicted octanol–water partition coefficient (Wildman–Crippen LogP) is -1.27. The first-order valence-electron chi connectivity index (χ1n) is 5.31. The highest BCUT2D eigenvalue weighted by Gasteiger charge is 2.28. The molecule has 0 saturated carbocycles. The van der Waals surface area contributed by atoms with Gasteiger partial charge in [0.15, 0.2) is 0 Å². The molecule has 1 fully saturated rings. The minimum absolute atomic E-state index is 0.00216. The van der Waals surface area contributed by atoms with Gasteiger partial charge in [-0.25, -0.2) is 0 Å². The van der Waals surface area contributed by atoms with Crippen molar-refractivity contribution in [3.8, 4) is 0 Å². The third-order valence-corrected chi connectivity index (χ3v) is 2.52. The van der Waals surface area contributed by atoms with E-state index >= 15 is 0 Å². The molecule has 1 saturated heterocycles. The van der Waals surface area contributed by atoms with Gasteiger partial charge in [-0.1, -0.05) is 0 Å². The Labute approximate surface area is 94.6 Å². The van der Waals surface area contributed by atoms with E-state index in [0.717, 1.165) is 0 Å². The lowest BCUT2D eigenvalue weighted by molar-refractivity contribution is -0.146. The molecule has 6 nitrogen and oxygen atoms in total. The van der Waals surface area contributed by atoms with Crippen LogP contribution in [0.1, 0.15) is 13.8 Å². The van der Waals surface area contributed by atoms with E-state index in [-0.39, 0.29) is 37.1 Å². The number of amides is 2. The van der Waals surface area contributed by atoms with Crippen molar-refractivity contribution in [3.05, 3.63) is 0 Å². The topological polar surface area (TPSA) is 78.9 Å². The number of hydrogen-bond donors (Lipinski definition) is 2. The monoisotopic (exact) mass is 230 g/mol. The predicted molar refractivity (Wildman–Crippen MR) is 56.7 cm³/mol. The zero-order valence-corrected chi connectivity index (χ0v) is 9.60. The van der Waals surface area contributed by atoms with Gasteiger partial charge in [0.2, 0.25) is 11.8 Å². The van der Waals surface area contributed by atoms with E-state index in [4.69, 9.17) is 9.84 Å². The Balaban J connectivity index is 2.48. The number of hydrogen-bond acceptors (Lipinski definition) is 4. The molecule has 2 N–H and O–H groups in total. The maximum atomic E-state index is 11.7. The maximum Gasteiger partial charge on any atom is 0.242 e. The lowest BCUT2D eigenvalue weighted by Crippen LogP contribution is -2.54. The van der Waals surface area contributed by atoms with Crippen LogP contribution in [0, 0.1) is 0 Å². The van der Waals surface area contributed by atoms with Gasteiger partial charge in [0, 0.05) is 13.5 Å². The van der Waals surface area contributed by atoms with Crippen LogP contribution in [0.5, 0.6) is 0 Å². The number of ether oxygens (including phenoxy) is 1. The second-order valence-corrected chi connectivity index (χ2v) is 3.94. The van der Waals surface area contributed by atoms with Crippen LogP contribution in [0.3, 0.4) is 0 Å². The summed E-state index contributed by atoms with van der Waals surface area (Å²) in [6, 6.07) is -0.0240. The van der Waals surface area contributed by atoms with Gasteiger partial charge in [0.1, 0.15) is 0 Å². The molecule has 0 spiro atoms. The summed E-state index contributed by atoms with van der Waals surface area (Å²) in [7, 11) is 0. The van der Waals surface area contributed by atoms with Gasteiger partial charge in [-0.2, -0.15) is 0 Å². The van der Waals surface area contributed by atoms with E-state index in [9.17, 15) is 9.59 Å². The molecular formula is C10H18N2O4. The van der Waals surface area contributed by atoms with Crippen LogP contribution in [0.15, 0.2) is 0 Å². The second-order valence-electron chi connectivity index (χ2n) is 3.94. The molecule has 1 heterocycles. The molecule has 1 aliphatic rings. The van der Waals surface area contributed by atoms with Crippen molar-refractivity contribution in [3.63, 3.8) is 0 Å². The Hall–Kier alpha value is -1.14. The molecule has 0 bridgehead atoms. The molecule has 0 aromatic rings. The Morgan fingerprint density at radius 3 is 2.81 bits per heavy atom. The van der Waals surface area contributed by atoms with Crippen LogP contribution in [0.2, 0.25) is 0 Å². The molecule has 6 heteroatoms. The lowest BCUT2D eigenvalue weighted by Gasteiger charge is -2.37. The van der Waals surface area contributed by atoms with Crippen LogP contribution in [-0.4, -0.2) is 60.3 Å². The molecule has 16 heavy (non-hydrogen) atoms. The highest BCUT2D eigenvalue weighted by molar-refractivity contribution is 5.83. The maximum absolute atomic E-state index is 11.7. The minimum Gasteiger partial charge on any atom is -0.394 e. The Bertz CT molecular complexity index is 270. The summed E-state index contributed by atoms with van der Waals surface area (Å²) in [5, 5.41) is 11.4. The lowest BCUT2D eigenvalue weighted by atomic mass is 10.2. The number of nitrogens with one attached hydrogen (secondary N) is 1. The Kier molecular flexibility index (Phi) is 4.70. The van der Waals surface area contributed by atoms with Crippen molar-refractivity contribution in [2.24, 2.45) is 0 Å². The Morgan fingerprint density at radius 2 is 2.25 bits per heavy atom. The number of nitrogens with zero attached hydrogens (tertiary/aromatic N) is 1. The summed E-state index contributed by atoms with van der Waals surface area (Å²) >= 11 is 0. The van der Waals surface area contributed by atoms with Crippen molar-refractivity contribution in [1.82, 2.24) is 10.2 Å². The fourth-order valence-corrected chi connectivity index (χ4v) is 1.58. The third-order valence-electron chi connectivity index (χ3n) is 2.52. The van der Waals surface area contributed by atoms with E-state index in [1.165, 1.54) is 6.92 Å². The minimum atomic E-state index is -0.322. The van der Waals surface area contributed by atoms with Gasteiger partial charge in [0.05, 0.1) is 31.9 Å². The molecule has 2 unspecified atom stereocenters. The SMILES string of the molecule is CC(=O)NCC(=O)N1CC(CO)OCC1C. The molecule has 2 atom stereocenters. The van der Waals surface area contributed by atoms with E-state index < -0.39 is 0 Å². The smallest absolute Gasteiger partial charge is 0.242 e. The Morgan fingerprint density at radius 1 is 1.56 bits per heavy atom. The van der Waals surface area contributed by atoms with E-state index in [2.05, 4.69) is 5.32 Å². The molecular weight excluding hydrogens is 212 g/mol. The van der Waals surface area contributed by atoms with Gasteiger partial charge < -0.3 is 20.1 Å². The molecule has 0 aromatic heterocycles. The number of carbonyl (C=O) groups excluding carboxylic acids is 2. The van der Waals surface area contributed by atoms with Gasteiger partial charge >= 0.3 is 0 Å². The van der Waals surface area contributed by atoms with Gasteiger partial charge in [-0.05, 0) is 6.92 Å². The summed E-state index contributed by atoms with van der Waals surface area (Å²) in [5.74, 6) is -0.377. The molecule has 2 amide bonds. The molecule has 0 aromatic carbocycles. The van der Waals surface area contributed by atoms with Crippen molar-refractivity contribution in [2.75, 3.05) is 26.3 Å². The molecule has 1 rings (SSSR count). The van der Waals surface area contributed by atoms with E-state index in [0.29, 0.717) is 13.2 Å². The fraction of sp³-hybridized carbons (Fsp3) is 0.800. The van der Waals surface area contributed by atoms with Gasteiger partial charge in [-0.15, -0.1) is 0 Å². The third kappa shape index (κ3) is 3.46. The first-order valence-corrected chi connectivity index (χ1v) is 5.31. The number of aliphatic hydroxyl groups excluding tert-OH is 1. The van der Waals surface area contributed by atoms with Crippen LogP contribution >= 0.6 is 0 Å². The standard InChI is InChI=1S/C10H18N2O4/c1-7-6-16-9(5-13)4-12(7)10(15)3-11-8(2)14/h7,9,13H,3-6H2,1-2H3,(H,11,14). The van der Waals surface area contributed by atoms with Crippen molar-refractivity contribution < 1.29 is 19.4 Å². The normalized spacial score (nSPS) is 25.3. The highest BCUT2D eigenvalue weighted by Crippen LogP contribution is 2.11. The summed E-state index contributed by atoms with van der Waals surface area (Å²) in [6.07, 6.45) is -0.322. The molecule has 0 radical (unpaired) electrons. The van der Waals surface area contributed by atoms with Crippen molar-refractivity contribution in [1.29, 1.82) is 0 Å². The average Bonchev–Trinajstić information content (AvgIpc) is 2.26. The van der Waals surface area contributed by atoms with Crippen LogP contribution in [0.4, 0.5) is 0 Å². The van der Waals surface area contributed by atoms with Crippen molar-refractivity contribution >= 4 is 11.8 Å². The quantitative estimate of drug-likeness (QED) is 0.633. The first kappa shape index (κ1) is 12.9. The van der Waals surface area contributed by atoms with E-state index in [1.807, 2.05) is 6.92 Å². The largest absolute Gasteiger partial charge is 0.394 e. The van der Waals surface area contributed by atoms with Gasteiger partial charge in [0.25, 0.3) is 0 Å². The van der Waals surface area contributed by atoms with Crippen LogP contribution in [-0.2, 0) is 14.3 Å². The summed E-state index contributed by atoms with van der Waals surface area (Å²) in [6.45, 7) is 3.92. The molecule has 1 aliphatic heterocycles. The second kappa shape index (κ2) is 5.81. The van der Waals surface area contributed by atoms with Crippen molar-refractivity contribution in [2.45, 2.75) is 26.0 Å². The van der Waals surface area contributed by atoms with E-state index in [1.54, 1.807) is 4.90 Å². The van der Waals surface area contributed by atoms with Crippen LogP contribution in [0.25, 0.3) is 0 Å². The molecule has 0 aliphatic carbocycles. The zero-order chi connectivity index (χ0) is 12.1. The summed E-state index contributed by atoms with van der Waals surface area (Å²) in [4.78, 5) is 24.1. The summed E-state index contributed by atoms with van der Waals surface area (Å²) in [5.41, 5.74) is 0. The highest BCUT2D eigenvalue weighted by atomic mass is 16.5. The zero-order valence-electron chi connectivity index (χ0n) is 9.60. The van der Waals surface area contributed by atoms with Crippen LogP contribution < -0.4 is 5.32 Å². The number of carbonyl (C=O) groups is 2. The fourth-order valence-electron chi connectivity index (χ4n) is 1.58. The number of morpholine rings is 1. The van der Waals surface area contributed by atoms with Gasteiger partial charge in [-0.3, -0.25) is 9.59 Å². The number of aliphatic hydroxyl groups is 1.